The average molecular weight is 486 g/mol. The second-order valence-corrected chi connectivity index (χ2v) is 10.4. The predicted molar refractivity (Wildman–Crippen MR) is 139 cm³/mol. The minimum atomic E-state index is 0.0579. The van der Waals surface area contributed by atoms with Gasteiger partial charge in [-0.05, 0) is 48.9 Å². The molecule has 6 heteroatoms. The van der Waals surface area contributed by atoms with Gasteiger partial charge in [-0.15, -0.1) is 0 Å². The fraction of sp³-hybridized carbons (Fsp3) is 0.571. The molecule has 0 radical (unpaired) electrons. The molecule has 2 amide bonds. The third-order valence-corrected chi connectivity index (χ3v) is 6.99. The number of amides is 2. The van der Waals surface area contributed by atoms with Crippen molar-refractivity contribution in [3.8, 4) is 0 Å². The Balaban J connectivity index is 1.80. The monoisotopic (exact) mass is 485 g/mol. The van der Waals surface area contributed by atoms with Crippen LogP contribution in [0.2, 0.25) is 5.02 Å². The van der Waals surface area contributed by atoms with Crippen LogP contribution in [0, 0.1) is 5.92 Å². The van der Waals surface area contributed by atoms with E-state index >= 15 is 0 Å². The molecule has 1 aromatic heterocycles. The van der Waals surface area contributed by atoms with E-state index in [0.29, 0.717) is 32.0 Å². The molecule has 186 valence electrons. The number of rotatable bonds is 11. The maximum Gasteiger partial charge on any atom is 0.242 e. The number of halogens is 1. The van der Waals surface area contributed by atoms with Crippen LogP contribution >= 0.6 is 11.6 Å². The van der Waals surface area contributed by atoms with Gasteiger partial charge in [-0.25, -0.2) is 0 Å². The van der Waals surface area contributed by atoms with E-state index in [4.69, 9.17) is 11.6 Å². The summed E-state index contributed by atoms with van der Waals surface area (Å²) in [6, 6.07) is 12.2. The van der Waals surface area contributed by atoms with Crippen LogP contribution in [0.15, 0.2) is 42.6 Å². The molecule has 1 aromatic carbocycles. The Morgan fingerprint density at radius 1 is 1.06 bits per heavy atom. The van der Waals surface area contributed by atoms with Crippen LogP contribution in [0.3, 0.4) is 0 Å². The maximum atomic E-state index is 13.7. The number of aromatic nitrogens is 1. The zero-order valence-electron chi connectivity index (χ0n) is 21.0. The lowest BCUT2D eigenvalue weighted by atomic mass is 9.94. The van der Waals surface area contributed by atoms with Gasteiger partial charge in [0.2, 0.25) is 11.8 Å². The van der Waals surface area contributed by atoms with Gasteiger partial charge in [0.25, 0.3) is 0 Å². The largest absolute Gasteiger partial charge is 0.345 e. The first kappa shape index (κ1) is 26.3. The van der Waals surface area contributed by atoms with Crippen molar-refractivity contribution < 1.29 is 9.59 Å². The van der Waals surface area contributed by atoms with Crippen molar-refractivity contribution in [2.45, 2.75) is 84.8 Å². The van der Waals surface area contributed by atoms with E-state index in [2.05, 4.69) is 30.7 Å². The van der Waals surface area contributed by atoms with Crippen LogP contribution in [-0.4, -0.2) is 45.3 Å². The van der Waals surface area contributed by atoms with Gasteiger partial charge in [-0.1, -0.05) is 69.8 Å². The molecule has 0 spiro atoms. The summed E-state index contributed by atoms with van der Waals surface area (Å²) < 4.78 is 2.18. The fourth-order valence-corrected chi connectivity index (χ4v) is 5.06. The van der Waals surface area contributed by atoms with Crippen LogP contribution in [0.5, 0.6) is 0 Å². The van der Waals surface area contributed by atoms with Crippen molar-refractivity contribution in [1.82, 2.24) is 14.4 Å². The lowest BCUT2D eigenvalue weighted by molar-refractivity contribution is -0.143. The lowest BCUT2D eigenvalue weighted by Gasteiger charge is -2.36. The molecule has 0 N–H and O–H groups in total. The van der Waals surface area contributed by atoms with Gasteiger partial charge in [-0.2, -0.15) is 0 Å². The van der Waals surface area contributed by atoms with Gasteiger partial charge in [0.1, 0.15) is 0 Å². The van der Waals surface area contributed by atoms with Gasteiger partial charge in [-0.3, -0.25) is 9.59 Å². The highest BCUT2D eigenvalue weighted by atomic mass is 35.5. The summed E-state index contributed by atoms with van der Waals surface area (Å²) in [7, 11) is 0. The molecule has 0 bridgehead atoms. The molecule has 34 heavy (non-hydrogen) atoms. The van der Waals surface area contributed by atoms with Gasteiger partial charge in [0, 0.05) is 42.5 Å². The summed E-state index contributed by atoms with van der Waals surface area (Å²) >= 11 is 6.41. The van der Waals surface area contributed by atoms with E-state index in [1.165, 1.54) is 6.42 Å². The zero-order chi connectivity index (χ0) is 24.5. The molecule has 1 saturated carbocycles. The third-order valence-electron chi connectivity index (χ3n) is 6.62. The quantitative estimate of drug-likeness (QED) is 0.384. The van der Waals surface area contributed by atoms with Crippen molar-refractivity contribution in [2.75, 3.05) is 13.1 Å². The van der Waals surface area contributed by atoms with E-state index < -0.39 is 0 Å². The number of hydrogen-bond acceptors (Lipinski definition) is 2. The predicted octanol–water partition coefficient (Wildman–Crippen LogP) is 6.14. The van der Waals surface area contributed by atoms with Crippen molar-refractivity contribution in [3.63, 3.8) is 0 Å². The molecular weight excluding hydrogens is 446 g/mol. The van der Waals surface area contributed by atoms with E-state index in [1.807, 2.05) is 42.2 Å². The molecule has 3 rings (SSSR count). The second kappa shape index (κ2) is 13.0. The lowest BCUT2D eigenvalue weighted by Crippen LogP contribution is -2.48. The minimum absolute atomic E-state index is 0.0579. The molecule has 1 aliphatic rings. The Bertz CT molecular complexity index is 933. The molecule has 0 unspecified atom stereocenters. The zero-order valence-corrected chi connectivity index (χ0v) is 21.8. The van der Waals surface area contributed by atoms with Crippen molar-refractivity contribution in [1.29, 1.82) is 0 Å². The summed E-state index contributed by atoms with van der Waals surface area (Å²) in [4.78, 5) is 30.3. The van der Waals surface area contributed by atoms with Crippen LogP contribution in [0.4, 0.5) is 0 Å². The molecule has 0 saturated heterocycles. The first-order valence-corrected chi connectivity index (χ1v) is 13.2. The maximum absolute atomic E-state index is 13.7. The highest BCUT2D eigenvalue weighted by Gasteiger charge is 2.29. The molecular formula is C28H40ClN3O2. The third kappa shape index (κ3) is 7.36. The van der Waals surface area contributed by atoms with Crippen LogP contribution < -0.4 is 0 Å². The summed E-state index contributed by atoms with van der Waals surface area (Å²) in [5.41, 5.74) is 2.15. The normalized spacial score (nSPS) is 14.4. The molecule has 2 aromatic rings. The van der Waals surface area contributed by atoms with E-state index in [9.17, 15) is 9.59 Å². The molecule has 1 heterocycles. The minimum Gasteiger partial charge on any atom is -0.345 e. The number of hydrogen-bond donors (Lipinski definition) is 0. The average Bonchev–Trinajstić information content (AvgIpc) is 3.25. The summed E-state index contributed by atoms with van der Waals surface area (Å²) in [6.45, 7) is 8.20. The van der Waals surface area contributed by atoms with Crippen LogP contribution in [0.25, 0.3) is 0 Å². The first-order valence-electron chi connectivity index (χ1n) is 12.8. The second-order valence-electron chi connectivity index (χ2n) is 9.95. The van der Waals surface area contributed by atoms with E-state index in [0.717, 1.165) is 48.4 Å². The van der Waals surface area contributed by atoms with Gasteiger partial charge >= 0.3 is 0 Å². The summed E-state index contributed by atoms with van der Waals surface area (Å²) in [5, 5.41) is 0.751. The van der Waals surface area contributed by atoms with Gasteiger partial charge in [0.15, 0.2) is 0 Å². The van der Waals surface area contributed by atoms with E-state index in [-0.39, 0.29) is 24.4 Å². The topological polar surface area (TPSA) is 45.6 Å². The molecule has 0 aliphatic heterocycles. The standard InChI is InChI=1S/C28H40ClN3O2/c1-4-11-27(33)31(18-22(2)3)21-28(34)32(24-13-6-5-7-14-24)20-25-15-10-17-30(25)19-23-12-8-9-16-26(23)29/h8-10,12,15-17,22,24H,4-7,11,13-14,18-21H2,1-3H3. The Labute approximate surface area is 210 Å². The van der Waals surface area contributed by atoms with E-state index in [1.54, 1.807) is 4.90 Å². The Hall–Kier alpha value is -2.27. The Kier molecular flexibility index (Phi) is 10.1. The Morgan fingerprint density at radius 2 is 1.79 bits per heavy atom. The highest BCUT2D eigenvalue weighted by Crippen LogP contribution is 2.25. The molecule has 0 atom stereocenters. The first-order chi connectivity index (χ1) is 16.4. The molecule has 1 aliphatic carbocycles. The smallest absolute Gasteiger partial charge is 0.242 e. The fourth-order valence-electron chi connectivity index (χ4n) is 4.87. The van der Waals surface area contributed by atoms with Crippen molar-refractivity contribution in [2.24, 2.45) is 5.92 Å². The van der Waals surface area contributed by atoms with Crippen LogP contribution in [-0.2, 0) is 22.7 Å². The number of carbonyl (C=O) groups is 2. The van der Waals surface area contributed by atoms with Gasteiger partial charge in [0.05, 0.1) is 13.1 Å². The highest BCUT2D eigenvalue weighted by molar-refractivity contribution is 6.31. The van der Waals surface area contributed by atoms with Crippen LogP contribution in [0.1, 0.15) is 77.0 Å². The van der Waals surface area contributed by atoms with Crippen molar-refractivity contribution >= 4 is 23.4 Å². The van der Waals surface area contributed by atoms with Crippen molar-refractivity contribution in [3.05, 3.63) is 58.9 Å². The number of nitrogens with zero attached hydrogens (tertiary/aromatic N) is 3. The molecule has 5 nitrogen and oxygen atoms in total. The Morgan fingerprint density at radius 3 is 2.47 bits per heavy atom. The van der Waals surface area contributed by atoms with Gasteiger partial charge < -0.3 is 14.4 Å². The summed E-state index contributed by atoms with van der Waals surface area (Å²) in [5.74, 6) is 0.460. The SMILES string of the molecule is CCCC(=O)N(CC(=O)N(Cc1cccn1Cc1ccccc1Cl)C1CCCCC1)CC(C)C. The number of carbonyl (C=O) groups excluding carboxylic acids is 2. The summed E-state index contributed by atoms with van der Waals surface area (Å²) in [6.07, 6.45) is 8.94. The number of benzene rings is 1. The molecule has 1 fully saturated rings.